The third-order valence-electron chi connectivity index (χ3n) is 3.49. The predicted molar refractivity (Wildman–Crippen MR) is 67.2 cm³/mol. The maximum atomic E-state index is 3.48. The molecule has 0 aromatic carbocycles. The molecule has 0 radical (unpaired) electrons. The molecule has 0 aliphatic carbocycles. The van der Waals surface area contributed by atoms with Crippen molar-refractivity contribution in [3.63, 3.8) is 0 Å². The number of rotatable bonds is 6. The summed E-state index contributed by atoms with van der Waals surface area (Å²) >= 11 is 0. The normalized spacial score (nSPS) is 20.0. The molecule has 2 heteroatoms. The van der Waals surface area contributed by atoms with Gasteiger partial charge in [0.15, 0.2) is 0 Å². The van der Waals surface area contributed by atoms with Crippen molar-refractivity contribution in [3.05, 3.63) is 0 Å². The summed E-state index contributed by atoms with van der Waals surface area (Å²) in [5, 5.41) is 3.48. The van der Waals surface area contributed by atoms with Gasteiger partial charge in [-0.3, -0.25) is 0 Å². The molecular formula is C13H28N2. The average Bonchev–Trinajstić information content (AvgIpc) is 2.25. The van der Waals surface area contributed by atoms with E-state index in [1.54, 1.807) is 0 Å². The standard InChI is InChI=1S/C13H28N2/c1-4-13-6-10-15(11-7-13)9-5-8-14-12(2)3/h12-14H,4-11H2,1-3H3. The molecule has 1 aliphatic rings. The summed E-state index contributed by atoms with van der Waals surface area (Å²) in [5.41, 5.74) is 0. The second kappa shape index (κ2) is 7.24. The zero-order valence-corrected chi connectivity index (χ0v) is 10.8. The molecule has 0 unspecified atom stereocenters. The zero-order valence-electron chi connectivity index (χ0n) is 10.8. The first-order valence-electron chi connectivity index (χ1n) is 6.68. The Balaban J connectivity index is 1.99. The van der Waals surface area contributed by atoms with E-state index >= 15 is 0 Å². The topological polar surface area (TPSA) is 15.3 Å². The Morgan fingerprint density at radius 1 is 1.27 bits per heavy atom. The van der Waals surface area contributed by atoms with Crippen molar-refractivity contribution in [1.82, 2.24) is 10.2 Å². The van der Waals surface area contributed by atoms with Crippen LogP contribution >= 0.6 is 0 Å². The summed E-state index contributed by atoms with van der Waals surface area (Å²) in [4.78, 5) is 2.63. The van der Waals surface area contributed by atoms with E-state index in [9.17, 15) is 0 Å². The molecule has 90 valence electrons. The Bertz CT molecular complexity index is 149. The first kappa shape index (κ1) is 13.0. The molecule has 1 rings (SSSR count). The Hall–Kier alpha value is -0.0800. The van der Waals surface area contributed by atoms with Gasteiger partial charge in [0.05, 0.1) is 0 Å². The molecule has 2 nitrogen and oxygen atoms in total. The van der Waals surface area contributed by atoms with Crippen molar-refractivity contribution in [1.29, 1.82) is 0 Å². The number of likely N-dealkylation sites (tertiary alicyclic amines) is 1. The molecule has 1 aliphatic heterocycles. The fourth-order valence-electron chi connectivity index (χ4n) is 2.31. The minimum absolute atomic E-state index is 0.635. The summed E-state index contributed by atoms with van der Waals surface area (Å²) in [7, 11) is 0. The van der Waals surface area contributed by atoms with E-state index in [-0.39, 0.29) is 0 Å². The Kier molecular flexibility index (Phi) is 6.26. The minimum atomic E-state index is 0.635. The fraction of sp³-hybridized carbons (Fsp3) is 1.00. The lowest BCUT2D eigenvalue weighted by molar-refractivity contribution is 0.179. The molecule has 1 fully saturated rings. The van der Waals surface area contributed by atoms with Gasteiger partial charge in [0.1, 0.15) is 0 Å². The molecule has 0 amide bonds. The van der Waals surface area contributed by atoms with Crippen LogP contribution < -0.4 is 5.32 Å². The summed E-state index contributed by atoms with van der Waals surface area (Å²) < 4.78 is 0. The summed E-state index contributed by atoms with van der Waals surface area (Å²) in [6, 6.07) is 0.635. The first-order chi connectivity index (χ1) is 7.22. The van der Waals surface area contributed by atoms with Crippen LogP contribution in [0.25, 0.3) is 0 Å². The summed E-state index contributed by atoms with van der Waals surface area (Å²) in [5.74, 6) is 1.01. The quantitative estimate of drug-likeness (QED) is 0.681. The second-order valence-electron chi connectivity index (χ2n) is 5.16. The van der Waals surface area contributed by atoms with E-state index in [1.165, 1.54) is 51.9 Å². The van der Waals surface area contributed by atoms with Crippen molar-refractivity contribution in [3.8, 4) is 0 Å². The fourth-order valence-corrected chi connectivity index (χ4v) is 2.31. The van der Waals surface area contributed by atoms with Crippen LogP contribution in [-0.4, -0.2) is 37.1 Å². The number of nitrogens with one attached hydrogen (secondary N) is 1. The maximum Gasteiger partial charge on any atom is 0.00103 e. The van der Waals surface area contributed by atoms with Crippen molar-refractivity contribution in [2.45, 2.75) is 52.5 Å². The lowest BCUT2D eigenvalue weighted by Crippen LogP contribution is -2.35. The smallest absolute Gasteiger partial charge is 0.00103 e. The molecular weight excluding hydrogens is 184 g/mol. The molecule has 1 saturated heterocycles. The average molecular weight is 212 g/mol. The number of nitrogens with zero attached hydrogens (tertiary/aromatic N) is 1. The van der Waals surface area contributed by atoms with E-state index in [4.69, 9.17) is 0 Å². The monoisotopic (exact) mass is 212 g/mol. The lowest BCUT2D eigenvalue weighted by Gasteiger charge is -2.31. The lowest BCUT2D eigenvalue weighted by atomic mass is 9.94. The van der Waals surface area contributed by atoms with Gasteiger partial charge in [0, 0.05) is 6.04 Å². The van der Waals surface area contributed by atoms with Gasteiger partial charge >= 0.3 is 0 Å². The first-order valence-corrected chi connectivity index (χ1v) is 6.68. The van der Waals surface area contributed by atoms with E-state index in [1.807, 2.05) is 0 Å². The van der Waals surface area contributed by atoms with Crippen molar-refractivity contribution >= 4 is 0 Å². The highest BCUT2D eigenvalue weighted by Gasteiger charge is 2.16. The highest BCUT2D eigenvalue weighted by molar-refractivity contribution is 4.71. The maximum absolute atomic E-state index is 3.48. The van der Waals surface area contributed by atoms with Crippen LogP contribution in [0.5, 0.6) is 0 Å². The summed E-state index contributed by atoms with van der Waals surface area (Å²) in [6.07, 6.45) is 5.53. The molecule has 0 bridgehead atoms. The van der Waals surface area contributed by atoms with E-state index in [0.29, 0.717) is 6.04 Å². The van der Waals surface area contributed by atoms with E-state index < -0.39 is 0 Å². The Labute approximate surface area is 95.4 Å². The zero-order chi connectivity index (χ0) is 11.1. The number of piperidine rings is 1. The molecule has 0 spiro atoms. The van der Waals surface area contributed by atoms with Gasteiger partial charge in [-0.1, -0.05) is 27.2 Å². The predicted octanol–water partition coefficient (Wildman–Crippen LogP) is 2.50. The largest absolute Gasteiger partial charge is 0.314 e. The molecule has 1 N–H and O–H groups in total. The van der Waals surface area contributed by atoms with Crippen LogP contribution in [0.15, 0.2) is 0 Å². The third-order valence-corrected chi connectivity index (χ3v) is 3.49. The van der Waals surface area contributed by atoms with Crippen LogP contribution in [0.4, 0.5) is 0 Å². The molecule has 15 heavy (non-hydrogen) atoms. The number of hydrogen-bond donors (Lipinski definition) is 1. The van der Waals surface area contributed by atoms with Gasteiger partial charge in [-0.25, -0.2) is 0 Å². The van der Waals surface area contributed by atoms with Gasteiger partial charge < -0.3 is 10.2 Å². The number of hydrogen-bond acceptors (Lipinski definition) is 2. The minimum Gasteiger partial charge on any atom is -0.314 e. The second-order valence-corrected chi connectivity index (χ2v) is 5.16. The highest BCUT2D eigenvalue weighted by atomic mass is 15.1. The van der Waals surface area contributed by atoms with Crippen molar-refractivity contribution in [2.75, 3.05) is 26.2 Å². The molecule has 0 saturated carbocycles. The molecule has 0 atom stereocenters. The SMILES string of the molecule is CCC1CCN(CCCNC(C)C)CC1. The van der Waals surface area contributed by atoms with Gasteiger partial charge in [0.2, 0.25) is 0 Å². The van der Waals surface area contributed by atoms with Crippen LogP contribution in [0.3, 0.4) is 0 Å². The van der Waals surface area contributed by atoms with Crippen LogP contribution in [0.1, 0.15) is 46.5 Å². The Morgan fingerprint density at radius 2 is 1.93 bits per heavy atom. The molecule has 0 aromatic rings. The van der Waals surface area contributed by atoms with Crippen LogP contribution in [0, 0.1) is 5.92 Å². The highest BCUT2D eigenvalue weighted by Crippen LogP contribution is 2.19. The van der Waals surface area contributed by atoms with Gasteiger partial charge in [-0.05, 0) is 51.4 Å². The van der Waals surface area contributed by atoms with Crippen LogP contribution in [0.2, 0.25) is 0 Å². The van der Waals surface area contributed by atoms with Crippen LogP contribution in [-0.2, 0) is 0 Å². The van der Waals surface area contributed by atoms with Gasteiger partial charge in [0.25, 0.3) is 0 Å². The van der Waals surface area contributed by atoms with E-state index in [2.05, 4.69) is 31.0 Å². The van der Waals surface area contributed by atoms with Gasteiger partial charge in [-0.15, -0.1) is 0 Å². The summed E-state index contributed by atoms with van der Waals surface area (Å²) in [6.45, 7) is 11.9. The van der Waals surface area contributed by atoms with Gasteiger partial charge in [-0.2, -0.15) is 0 Å². The van der Waals surface area contributed by atoms with E-state index in [0.717, 1.165) is 5.92 Å². The third kappa shape index (κ3) is 5.53. The van der Waals surface area contributed by atoms with Crippen molar-refractivity contribution in [2.24, 2.45) is 5.92 Å². The Morgan fingerprint density at radius 3 is 2.47 bits per heavy atom. The van der Waals surface area contributed by atoms with Crippen molar-refractivity contribution < 1.29 is 0 Å². The molecule has 0 aromatic heterocycles. The molecule has 1 heterocycles.